The lowest BCUT2D eigenvalue weighted by molar-refractivity contribution is -0.134. The average molecular weight is 275 g/mol. The first-order chi connectivity index (χ1) is 7.73. The summed E-state index contributed by atoms with van der Waals surface area (Å²) in [5.74, 6) is -0.583. The van der Waals surface area contributed by atoms with Crippen LogP contribution in [0.2, 0.25) is 0 Å². The molecule has 0 atom stereocenters. The standard InChI is InChI=1S/C9H16F3NO3S/c1-2-5-13(6-7-14)17(15,16)8-3-4-9(10,11)12/h2,14H,1,3-8H2. The van der Waals surface area contributed by atoms with Crippen LogP contribution in [0.4, 0.5) is 13.2 Å². The van der Waals surface area contributed by atoms with Crippen LogP contribution >= 0.6 is 0 Å². The molecule has 0 aromatic rings. The minimum Gasteiger partial charge on any atom is -0.395 e. The minimum absolute atomic E-state index is 0.0189. The molecule has 0 bridgehead atoms. The maximum Gasteiger partial charge on any atom is 0.389 e. The number of alkyl halides is 3. The average Bonchev–Trinajstić information content (AvgIpc) is 2.15. The number of hydrogen-bond acceptors (Lipinski definition) is 3. The lowest BCUT2D eigenvalue weighted by atomic mass is 10.3. The number of aliphatic hydroxyl groups is 1. The molecule has 102 valence electrons. The normalized spacial score (nSPS) is 13.0. The molecule has 0 saturated heterocycles. The van der Waals surface area contributed by atoms with Gasteiger partial charge in [0.15, 0.2) is 0 Å². The zero-order chi connectivity index (χ0) is 13.5. The quantitative estimate of drug-likeness (QED) is 0.676. The SMILES string of the molecule is C=CCN(CCO)S(=O)(=O)CCCC(F)(F)F. The summed E-state index contributed by atoms with van der Waals surface area (Å²) in [6, 6.07) is 0. The molecular weight excluding hydrogens is 259 g/mol. The van der Waals surface area contributed by atoms with E-state index < -0.39 is 34.8 Å². The number of sulfonamides is 1. The fourth-order valence-corrected chi connectivity index (χ4v) is 2.64. The van der Waals surface area contributed by atoms with E-state index in [0.717, 1.165) is 4.31 Å². The summed E-state index contributed by atoms with van der Waals surface area (Å²) in [6.07, 6.45) is -4.65. The number of rotatable bonds is 8. The fourth-order valence-electron chi connectivity index (χ4n) is 1.18. The first-order valence-corrected chi connectivity index (χ1v) is 6.60. The van der Waals surface area contributed by atoms with Crippen molar-refractivity contribution in [3.63, 3.8) is 0 Å². The van der Waals surface area contributed by atoms with Gasteiger partial charge in [0, 0.05) is 19.5 Å². The van der Waals surface area contributed by atoms with Crippen LogP contribution in [0.15, 0.2) is 12.7 Å². The van der Waals surface area contributed by atoms with Crippen LogP contribution in [0.5, 0.6) is 0 Å². The van der Waals surface area contributed by atoms with Crippen molar-refractivity contribution in [3.05, 3.63) is 12.7 Å². The lowest BCUT2D eigenvalue weighted by Gasteiger charge is -2.19. The molecule has 17 heavy (non-hydrogen) atoms. The van der Waals surface area contributed by atoms with Crippen LogP contribution in [-0.2, 0) is 10.0 Å². The number of halogens is 3. The van der Waals surface area contributed by atoms with Gasteiger partial charge in [0.2, 0.25) is 10.0 Å². The van der Waals surface area contributed by atoms with E-state index in [9.17, 15) is 21.6 Å². The van der Waals surface area contributed by atoms with Crippen molar-refractivity contribution in [1.29, 1.82) is 0 Å². The Morgan fingerprint density at radius 3 is 2.35 bits per heavy atom. The predicted octanol–water partition coefficient (Wildman–Crippen LogP) is 1.14. The first kappa shape index (κ1) is 16.4. The minimum atomic E-state index is -4.35. The molecule has 0 aliphatic carbocycles. The van der Waals surface area contributed by atoms with Crippen LogP contribution in [0, 0.1) is 0 Å². The summed E-state index contributed by atoms with van der Waals surface area (Å²) in [5, 5.41) is 8.66. The summed E-state index contributed by atoms with van der Waals surface area (Å²) < 4.78 is 59.7. The van der Waals surface area contributed by atoms with Crippen LogP contribution in [0.3, 0.4) is 0 Å². The van der Waals surface area contributed by atoms with Crippen molar-refractivity contribution >= 4 is 10.0 Å². The van der Waals surface area contributed by atoms with Gasteiger partial charge in [-0.05, 0) is 6.42 Å². The molecule has 8 heteroatoms. The van der Waals surface area contributed by atoms with Crippen molar-refractivity contribution in [3.8, 4) is 0 Å². The van der Waals surface area contributed by atoms with E-state index in [4.69, 9.17) is 5.11 Å². The Kier molecular flexibility index (Phi) is 6.73. The molecule has 0 amide bonds. The Morgan fingerprint density at radius 1 is 1.35 bits per heavy atom. The van der Waals surface area contributed by atoms with E-state index in [1.54, 1.807) is 0 Å². The second-order valence-electron chi connectivity index (χ2n) is 3.41. The highest BCUT2D eigenvalue weighted by molar-refractivity contribution is 7.89. The summed E-state index contributed by atoms with van der Waals surface area (Å²) in [4.78, 5) is 0. The molecule has 0 aliphatic heterocycles. The summed E-state index contributed by atoms with van der Waals surface area (Å²) in [5.41, 5.74) is 0. The molecule has 4 nitrogen and oxygen atoms in total. The number of nitrogens with zero attached hydrogens (tertiary/aromatic N) is 1. The van der Waals surface area contributed by atoms with Gasteiger partial charge >= 0.3 is 6.18 Å². The molecular formula is C9H16F3NO3S. The van der Waals surface area contributed by atoms with E-state index in [1.807, 2.05) is 0 Å². The van der Waals surface area contributed by atoms with Gasteiger partial charge in [-0.25, -0.2) is 8.42 Å². The second-order valence-corrected chi connectivity index (χ2v) is 5.49. The largest absolute Gasteiger partial charge is 0.395 e. The van der Waals surface area contributed by atoms with Crippen LogP contribution < -0.4 is 0 Å². The summed E-state index contributed by atoms with van der Waals surface area (Å²) >= 11 is 0. The Labute approximate surface area is 98.8 Å². The summed E-state index contributed by atoms with van der Waals surface area (Å²) in [6.45, 7) is 2.81. The topological polar surface area (TPSA) is 57.6 Å². The Balaban J connectivity index is 4.37. The molecule has 0 spiro atoms. The predicted molar refractivity (Wildman–Crippen MR) is 57.9 cm³/mol. The van der Waals surface area contributed by atoms with Gasteiger partial charge in [-0.3, -0.25) is 0 Å². The van der Waals surface area contributed by atoms with E-state index in [2.05, 4.69) is 6.58 Å². The van der Waals surface area contributed by atoms with Crippen LogP contribution in [0.1, 0.15) is 12.8 Å². The third-order valence-corrected chi connectivity index (χ3v) is 3.86. The van der Waals surface area contributed by atoms with E-state index in [1.165, 1.54) is 6.08 Å². The smallest absolute Gasteiger partial charge is 0.389 e. The van der Waals surface area contributed by atoms with Crippen molar-refractivity contribution in [2.45, 2.75) is 19.0 Å². The first-order valence-electron chi connectivity index (χ1n) is 4.99. The van der Waals surface area contributed by atoms with Gasteiger partial charge in [0.1, 0.15) is 0 Å². The zero-order valence-corrected chi connectivity index (χ0v) is 10.1. The molecule has 0 fully saturated rings. The van der Waals surface area contributed by atoms with E-state index in [0.29, 0.717) is 0 Å². The molecule has 0 aromatic carbocycles. The molecule has 0 aliphatic rings. The molecule has 0 heterocycles. The van der Waals surface area contributed by atoms with Gasteiger partial charge in [-0.15, -0.1) is 6.58 Å². The maximum atomic E-state index is 11.9. The van der Waals surface area contributed by atoms with Gasteiger partial charge in [0.25, 0.3) is 0 Å². The maximum absolute atomic E-state index is 11.9. The van der Waals surface area contributed by atoms with Crippen LogP contribution in [0.25, 0.3) is 0 Å². The fraction of sp³-hybridized carbons (Fsp3) is 0.778. The Bertz CT molecular complexity index is 327. The van der Waals surface area contributed by atoms with Crippen LogP contribution in [-0.4, -0.2) is 49.5 Å². The van der Waals surface area contributed by atoms with Gasteiger partial charge < -0.3 is 5.11 Å². The van der Waals surface area contributed by atoms with Crippen molar-refractivity contribution in [1.82, 2.24) is 4.31 Å². The molecule has 0 radical (unpaired) electrons. The third-order valence-electron chi connectivity index (χ3n) is 1.94. The molecule has 0 unspecified atom stereocenters. The molecule has 1 N–H and O–H groups in total. The lowest BCUT2D eigenvalue weighted by Crippen LogP contribution is -2.35. The van der Waals surface area contributed by atoms with Gasteiger partial charge in [-0.2, -0.15) is 17.5 Å². The van der Waals surface area contributed by atoms with E-state index in [-0.39, 0.29) is 19.7 Å². The van der Waals surface area contributed by atoms with E-state index >= 15 is 0 Å². The molecule has 0 saturated carbocycles. The Hall–Kier alpha value is -0.600. The zero-order valence-electron chi connectivity index (χ0n) is 9.28. The summed E-state index contributed by atoms with van der Waals surface area (Å²) in [7, 11) is -3.77. The second kappa shape index (κ2) is 6.97. The van der Waals surface area contributed by atoms with Gasteiger partial charge in [0.05, 0.1) is 12.4 Å². The highest BCUT2D eigenvalue weighted by atomic mass is 32.2. The number of aliphatic hydroxyl groups excluding tert-OH is 1. The highest BCUT2D eigenvalue weighted by Crippen LogP contribution is 2.22. The van der Waals surface area contributed by atoms with Crippen molar-refractivity contribution in [2.24, 2.45) is 0 Å². The monoisotopic (exact) mass is 275 g/mol. The van der Waals surface area contributed by atoms with Gasteiger partial charge in [-0.1, -0.05) is 6.08 Å². The molecule has 0 rings (SSSR count). The van der Waals surface area contributed by atoms with Crippen molar-refractivity contribution < 1.29 is 26.7 Å². The molecule has 0 aromatic heterocycles. The highest BCUT2D eigenvalue weighted by Gasteiger charge is 2.28. The number of hydrogen-bond donors (Lipinski definition) is 1. The van der Waals surface area contributed by atoms with Crippen molar-refractivity contribution in [2.75, 3.05) is 25.4 Å². The third kappa shape index (κ3) is 7.35. The Morgan fingerprint density at radius 2 is 1.94 bits per heavy atom.